The zero-order chi connectivity index (χ0) is 14.2. The number of nitrogens with one attached hydrogen (secondary N) is 1. The molecule has 1 aromatic carbocycles. The van der Waals surface area contributed by atoms with Crippen molar-refractivity contribution in [3.05, 3.63) is 29.8 Å². The molecule has 1 aliphatic carbocycles. The van der Waals surface area contributed by atoms with Crippen molar-refractivity contribution < 1.29 is 9.53 Å². The van der Waals surface area contributed by atoms with Crippen LogP contribution in [-0.2, 0) is 16.1 Å². The van der Waals surface area contributed by atoms with Crippen LogP contribution < -0.4 is 11.1 Å². The summed E-state index contributed by atoms with van der Waals surface area (Å²) < 4.78 is 5.75. The third-order valence-corrected chi connectivity index (χ3v) is 3.71. The van der Waals surface area contributed by atoms with Crippen LogP contribution in [0.3, 0.4) is 0 Å². The summed E-state index contributed by atoms with van der Waals surface area (Å²) in [5.41, 5.74) is 7.40. The summed E-state index contributed by atoms with van der Waals surface area (Å²) >= 11 is 0. The molecule has 0 saturated heterocycles. The number of hydrogen-bond donors (Lipinski definition) is 2. The Bertz CT molecular complexity index is 411. The van der Waals surface area contributed by atoms with E-state index in [1.54, 1.807) is 0 Å². The van der Waals surface area contributed by atoms with E-state index in [-0.39, 0.29) is 5.91 Å². The van der Waals surface area contributed by atoms with E-state index >= 15 is 0 Å². The lowest BCUT2D eigenvalue weighted by atomic mass is 9.98. The van der Waals surface area contributed by atoms with Crippen LogP contribution in [0, 0.1) is 0 Å². The van der Waals surface area contributed by atoms with Crippen LogP contribution in [0.15, 0.2) is 24.3 Å². The Morgan fingerprint density at radius 3 is 2.55 bits per heavy atom. The van der Waals surface area contributed by atoms with Gasteiger partial charge in [0.05, 0.1) is 19.1 Å². The van der Waals surface area contributed by atoms with Gasteiger partial charge in [0.2, 0.25) is 5.91 Å². The van der Waals surface area contributed by atoms with Crippen molar-refractivity contribution in [3.63, 3.8) is 0 Å². The molecule has 3 N–H and O–H groups in total. The molecule has 1 saturated carbocycles. The van der Waals surface area contributed by atoms with Crippen LogP contribution in [0.2, 0.25) is 0 Å². The molecule has 0 unspecified atom stereocenters. The smallest absolute Gasteiger partial charge is 0.226 e. The second kappa shape index (κ2) is 8.02. The highest BCUT2D eigenvalue weighted by atomic mass is 16.5. The van der Waals surface area contributed by atoms with E-state index in [9.17, 15) is 4.79 Å². The highest BCUT2D eigenvalue weighted by Crippen LogP contribution is 2.20. The molecule has 4 nitrogen and oxygen atoms in total. The quantitative estimate of drug-likeness (QED) is 0.839. The Morgan fingerprint density at radius 2 is 1.90 bits per heavy atom. The molecule has 1 amide bonds. The molecular formula is C16H24N2O2. The van der Waals surface area contributed by atoms with E-state index in [0.717, 1.165) is 24.1 Å². The van der Waals surface area contributed by atoms with Crippen molar-refractivity contribution in [3.8, 4) is 0 Å². The first-order chi connectivity index (χ1) is 9.78. The van der Waals surface area contributed by atoms with Crippen LogP contribution in [0.4, 0.5) is 5.69 Å². The van der Waals surface area contributed by atoms with E-state index in [0.29, 0.717) is 25.7 Å². The molecule has 1 fully saturated rings. The van der Waals surface area contributed by atoms with Gasteiger partial charge in [-0.15, -0.1) is 0 Å². The van der Waals surface area contributed by atoms with Gasteiger partial charge in [0, 0.05) is 12.2 Å². The molecule has 0 aliphatic heterocycles. The van der Waals surface area contributed by atoms with Crippen LogP contribution in [0.25, 0.3) is 0 Å². The van der Waals surface area contributed by atoms with Crippen molar-refractivity contribution >= 4 is 11.6 Å². The van der Waals surface area contributed by atoms with Gasteiger partial charge in [-0.25, -0.2) is 0 Å². The summed E-state index contributed by atoms with van der Waals surface area (Å²) in [7, 11) is 0. The van der Waals surface area contributed by atoms with Crippen LogP contribution in [0.1, 0.15) is 44.1 Å². The van der Waals surface area contributed by atoms with Gasteiger partial charge in [0.1, 0.15) is 0 Å². The monoisotopic (exact) mass is 276 g/mol. The van der Waals surface area contributed by atoms with Crippen molar-refractivity contribution in [1.29, 1.82) is 0 Å². The molecule has 0 atom stereocenters. The van der Waals surface area contributed by atoms with Crippen molar-refractivity contribution in [2.45, 2.75) is 51.2 Å². The topological polar surface area (TPSA) is 64.3 Å². The lowest BCUT2D eigenvalue weighted by molar-refractivity contribution is -0.117. The molecule has 0 bridgehead atoms. The average molecular weight is 276 g/mol. The first kappa shape index (κ1) is 15.0. The minimum Gasteiger partial charge on any atom is -0.378 e. The first-order valence-electron chi connectivity index (χ1n) is 7.48. The number of benzene rings is 1. The number of carbonyl (C=O) groups excluding carboxylic acids is 1. The molecule has 2 rings (SSSR count). The number of rotatable bonds is 6. The summed E-state index contributed by atoms with van der Waals surface area (Å²) in [6.07, 6.45) is 6.88. The number of hydrogen-bond acceptors (Lipinski definition) is 3. The van der Waals surface area contributed by atoms with Crippen molar-refractivity contribution in [2.75, 3.05) is 11.9 Å². The average Bonchev–Trinajstić information content (AvgIpc) is 2.49. The second-order valence-corrected chi connectivity index (χ2v) is 5.33. The summed E-state index contributed by atoms with van der Waals surface area (Å²) in [4.78, 5) is 11.8. The molecule has 1 aliphatic rings. The maximum absolute atomic E-state index is 11.8. The third kappa shape index (κ3) is 4.94. The summed E-state index contributed by atoms with van der Waals surface area (Å²) in [5.74, 6) is 0.00121. The molecule has 110 valence electrons. The zero-order valence-electron chi connectivity index (χ0n) is 11.9. The third-order valence-electron chi connectivity index (χ3n) is 3.71. The van der Waals surface area contributed by atoms with E-state index in [4.69, 9.17) is 10.5 Å². The molecular weight excluding hydrogens is 252 g/mol. The van der Waals surface area contributed by atoms with Gasteiger partial charge < -0.3 is 15.8 Å². The Morgan fingerprint density at radius 1 is 1.20 bits per heavy atom. The predicted octanol–water partition coefficient (Wildman–Crippen LogP) is 2.82. The van der Waals surface area contributed by atoms with Gasteiger partial charge in [0.15, 0.2) is 0 Å². The number of amides is 1. The lowest BCUT2D eigenvalue weighted by Gasteiger charge is -2.21. The van der Waals surface area contributed by atoms with Gasteiger partial charge in [0.25, 0.3) is 0 Å². The second-order valence-electron chi connectivity index (χ2n) is 5.33. The van der Waals surface area contributed by atoms with Crippen LogP contribution in [-0.4, -0.2) is 18.6 Å². The molecule has 4 heteroatoms. The Balaban J connectivity index is 1.66. The summed E-state index contributed by atoms with van der Waals surface area (Å²) in [6.45, 7) is 1.03. The van der Waals surface area contributed by atoms with E-state index in [1.165, 1.54) is 19.3 Å². The van der Waals surface area contributed by atoms with Gasteiger partial charge in [-0.3, -0.25) is 4.79 Å². The zero-order valence-corrected chi connectivity index (χ0v) is 11.9. The highest BCUT2D eigenvalue weighted by molar-refractivity contribution is 5.90. The first-order valence-corrected chi connectivity index (χ1v) is 7.48. The standard InChI is InChI=1S/C16H24N2O2/c17-12-13-6-8-14(9-7-13)18-16(19)10-11-20-15-4-2-1-3-5-15/h6-9,15H,1-5,10-12,17H2,(H,18,19). The maximum atomic E-state index is 11.8. The molecule has 0 heterocycles. The van der Waals surface area contributed by atoms with E-state index in [2.05, 4.69) is 5.32 Å². The highest BCUT2D eigenvalue weighted by Gasteiger charge is 2.14. The molecule has 1 aromatic rings. The van der Waals surface area contributed by atoms with Gasteiger partial charge >= 0.3 is 0 Å². The lowest BCUT2D eigenvalue weighted by Crippen LogP contribution is -2.20. The number of carbonyl (C=O) groups is 1. The molecule has 20 heavy (non-hydrogen) atoms. The molecule has 0 aromatic heterocycles. The molecule has 0 radical (unpaired) electrons. The van der Waals surface area contributed by atoms with Crippen LogP contribution >= 0.6 is 0 Å². The summed E-state index contributed by atoms with van der Waals surface area (Å²) in [6, 6.07) is 7.60. The number of ether oxygens (including phenoxy) is 1. The maximum Gasteiger partial charge on any atom is 0.226 e. The predicted molar refractivity (Wildman–Crippen MR) is 80.4 cm³/mol. The van der Waals surface area contributed by atoms with E-state index < -0.39 is 0 Å². The van der Waals surface area contributed by atoms with Crippen molar-refractivity contribution in [1.82, 2.24) is 0 Å². The minimum absolute atomic E-state index is 0.00121. The summed E-state index contributed by atoms with van der Waals surface area (Å²) in [5, 5.41) is 2.87. The SMILES string of the molecule is NCc1ccc(NC(=O)CCOC2CCCCC2)cc1. The fraction of sp³-hybridized carbons (Fsp3) is 0.562. The minimum atomic E-state index is 0.00121. The number of anilines is 1. The molecule has 0 spiro atoms. The largest absolute Gasteiger partial charge is 0.378 e. The normalized spacial score (nSPS) is 16.1. The Labute approximate surface area is 120 Å². The van der Waals surface area contributed by atoms with E-state index in [1.807, 2.05) is 24.3 Å². The van der Waals surface area contributed by atoms with Crippen molar-refractivity contribution in [2.24, 2.45) is 5.73 Å². The Kier molecular flexibility index (Phi) is 6.02. The fourth-order valence-corrected chi connectivity index (χ4v) is 2.50. The van der Waals surface area contributed by atoms with Gasteiger partial charge in [-0.2, -0.15) is 0 Å². The van der Waals surface area contributed by atoms with Crippen LogP contribution in [0.5, 0.6) is 0 Å². The van der Waals surface area contributed by atoms with Gasteiger partial charge in [-0.05, 0) is 30.5 Å². The van der Waals surface area contributed by atoms with Gasteiger partial charge in [-0.1, -0.05) is 31.4 Å². The fourth-order valence-electron chi connectivity index (χ4n) is 2.50. The Hall–Kier alpha value is -1.39. The number of nitrogens with two attached hydrogens (primary N) is 1.